The smallest absolute Gasteiger partial charge is 0.253 e. The second-order valence-electron chi connectivity index (χ2n) is 9.23. The third kappa shape index (κ3) is 4.69. The van der Waals surface area contributed by atoms with Gasteiger partial charge in [-0.05, 0) is 57.7 Å². The first-order chi connectivity index (χ1) is 15.5. The summed E-state index contributed by atoms with van der Waals surface area (Å²) >= 11 is 0. The average Bonchev–Trinajstić information content (AvgIpc) is 3.13. The summed E-state index contributed by atoms with van der Waals surface area (Å²) in [5, 5.41) is 3.21. The number of carbonyl (C=O) groups excluding carboxylic acids is 2. The van der Waals surface area contributed by atoms with Gasteiger partial charge in [0, 0.05) is 48.2 Å². The number of carbonyl (C=O) groups is 2. The van der Waals surface area contributed by atoms with Gasteiger partial charge in [-0.1, -0.05) is 25.3 Å². The summed E-state index contributed by atoms with van der Waals surface area (Å²) in [5.74, 6) is 1.30. The number of aromatic nitrogens is 1. The highest BCUT2D eigenvalue weighted by molar-refractivity contribution is 5.96. The second kappa shape index (κ2) is 9.80. The lowest BCUT2D eigenvalue weighted by molar-refractivity contribution is -0.137. The Morgan fingerprint density at radius 3 is 2.41 bits per heavy atom. The van der Waals surface area contributed by atoms with Crippen LogP contribution in [0.15, 0.2) is 30.3 Å². The highest BCUT2D eigenvalue weighted by Gasteiger charge is 2.30. The monoisotopic (exact) mass is 437 g/mol. The Hall–Kier alpha value is -2.76. The van der Waals surface area contributed by atoms with Crippen LogP contribution in [0.25, 0.3) is 5.69 Å². The Morgan fingerprint density at radius 2 is 1.72 bits per heavy atom. The SMILES string of the molecule is COc1cccc(-n2c(C)cc(C(=O)NC3CCN(C(=O)C4CCCCC4)CC3)c2C)c1. The van der Waals surface area contributed by atoms with Gasteiger partial charge in [0.1, 0.15) is 5.75 Å². The maximum Gasteiger partial charge on any atom is 0.253 e. The van der Waals surface area contributed by atoms with E-state index in [1.54, 1.807) is 7.11 Å². The van der Waals surface area contributed by atoms with Gasteiger partial charge in [0.25, 0.3) is 5.91 Å². The zero-order chi connectivity index (χ0) is 22.7. The van der Waals surface area contributed by atoms with E-state index in [1.807, 2.05) is 49.1 Å². The molecule has 2 fully saturated rings. The summed E-state index contributed by atoms with van der Waals surface area (Å²) in [7, 11) is 1.65. The van der Waals surface area contributed by atoms with Gasteiger partial charge in [0.05, 0.1) is 12.7 Å². The lowest BCUT2D eigenvalue weighted by atomic mass is 9.87. The highest BCUT2D eigenvalue weighted by atomic mass is 16.5. The van der Waals surface area contributed by atoms with E-state index < -0.39 is 0 Å². The predicted molar refractivity (Wildman–Crippen MR) is 125 cm³/mol. The molecule has 4 rings (SSSR count). The van der Waals surface area contributed by atoms with Gasteiger partial charge >= 0.3 is 0 Å². The summed E-state index contributed by atoms with van der Waals surface area (Å²) in [6.07, 6.45) is 7.33. The number of nitrogens with zero attached hydrogens (tertiary/aromatic N) is 2. The molecule has 0 unspecified atom stereocenters. The van der Waals surface area contributed by atoms with Crippen molar-refractivity contribution in [2.24, 2.45) is 5.92 Å². The number of aryl methyl sites for hydroxylation is 1. The number of methoxy groups -OCH3 is 1. The minimum absolute atomic E-state index is 0.0377. The molecule has 0 spiro atoms. The minimum atomic E-state index is -0.0377. The number of ether oxygens (including phenoxy) is 1. The van der Waals surface area contributed by atoms with Crippen molar-refractivity contribution < 1.29 is 14.3 Å². The van der Waals surface area contributed by atoms with Crippen molar-refractivity contribution in [2.75, 3.05) is 20.2 Å². The normalized spacial score (nSPS) is 17.9. The van der Waals surface area contributed by atoms with Gasteiger partial charge in [0.2, 0.25) is 5.91 Å². The Kier molecular flexibility index (Phi) is 6.87. The van der Waals surface area contributed by atoms with Gasteiger partial charge < -0.3 is 19.5 Å². The molecule has 32 heavy (non-hydrogen) atoms. The molecular formula is C26H35N3O3. The molecule has 2 heterocycles. The van der Waals surface area contributed by atoms with E-state index in [0.717, 1.165) is 61.6 Å². The quantitative estimate of drug-likeness (QED) is 0.754. The fourth-order valence-corrected chi connectivity index (χ4v) is 5.25. The van der Waals surface area contributed by atoms with E-state index in [-0.39, 0.29) is 17.9 Å². The number of hydrogen-bond donors (Lipinski definition) is 1. The number of nitrogens with one attached hydrogen (secondary N) is 1. The summed E-state index contributed by atoms with van der Waals surface area (Å²) in [5.41, 5.74) is 3.60. The maximum absolute atomic E-state index is 13.1. The van der Waals surface area contributed by atoms with Crippen molar-refractivity contribution in [1.29, 1.82) is 0 Å². The summed E-state index contributed by atoms with van der Waals surface area (Å²) in [6, 6.07) is 9.92. The van der Waals surface area contributed by atoms with Crippen LogP contribution < -0.4 is 10.1 Å². The van der Waals surface area contributed by atoms with Crippen molar-refractivity contribution in [3.05, 3.63) is 47.3 Å². The second-order valence-corrected chi connectivity index (χ2v) is 9.23. The molecule has 0 bridgehead atoms. The summed E-state index contributed by atoms with van der Waals surface area (Å²) in [4.78, 5) is 27.9. The van der Waals surface area contributed by atoms with Gasteiger partial charge in [-0.15, -0.1) is 0 Å². The van der Waals surface area contributed by atoms with Crippen LogP contribution in [0.2, 0.25) is 0 Å². The molecule has 2 amide bonds. The standard InChI is InChI=1S/C26H35N3O3/c1-18-16-24(19(2)29(18)22-10-7-11-23(17-22)32-3)25(30)27-21-12-14-28(15-13-21)26(31)20-8-5-4-6-9-20/h7,10-11,16-17,20-21H,4-6,8-9,12-15H2,1-3H3,(H,27,30). The maximum atomic E-state index is 13.1. The number of hydrogen-bond acceptors (Lipinski definition) is 3. The van der Waals surface area contributed by atoms with Crippen molar-refractivity contribution in [2.45, 2.75) is 64.8 Å². The number of piperidine rings is 1. The van der Waals surface area contributed by atoms with Crippen LogP contribution in [0.1, 0.15) is 66.7 Å². The largest absolute Gasteiger partial charge is 0.497 e. The number of amides is 2. The number of benzene rings is 1. The fourth-order valence-electron chi connectivity index (χ4n) is 5.25. The predicted octanol–water partition coefficient (Wildman–Crippen LogP) is 4.40. The van der Waals surface area contributed by atoms with Crippen molar-refractivity contribution >= 4 is 11.8 Å². The van der Waals surface area contributed by atoms with Gasteiger partial charge in [0.15, 0.2) is 0 Å². The van der Waals surface area contributed by atoms with Crippen LogP contribution in [0.5, 0.6) is 5.75 Å². The molecule has 1 aromatic heterocycles. The fraction of sp³-hybridized carbons (Fsp3) is 0.538. The van der Waals surface area contributed by atoms with Gasteiger partial charge in [-0.2, -0.15) is 0 Å². The van der Waals surface area contributed by atoms with E-state index >= 15 is 0 Å². The number of likely N-dealkylation sites (tertiary alicyclic amines) is 1. The molecule has 1 aromatic carbocycles. The molecule has 1 saturated carbocycles. The summed E-state index contributed by atoms with van der Waals surface area (Å²) in [6.45, 7) is 5.47. The van der Waals surface area contributed by atoms with Crippen LogP contribution in [-0.2, 0) is 4.79 Å². The molecule has 1 aliphatic heterocycles. The first-order valence-corrected chi connectivity index (χ1v) is 11.9. The Labute approximate surface area is 190 Å². The molecule has 172 valence electrons. The van der Waals surface area contributed by atoms with Crippen LogP contribution in [0.3, 0.4) is 0 Å². The molecule has 1 N–H and O–H groups in total. The Balaban J connectivity index is 1.38. The van der Waals surface area contributed by atoms with Crippen molar-refractivity contribution in [3.8, 4) is 11.4 Å². The summed E-state index contributed by atoms with van der Waals surface area (Å²) < 4.78 is 7.44. The molecule has 6 heteroatoms. The zero-order valence-electron chi connectivity index (χ0n) is 19.5. The van der Waals surface area contributed by atoms with Gasteiger partial charge in [-0.25, -0.2) is 0 Å². The van der Waals surface area contributed by atoms with Crippen molar-refractivity contribution in [3.63, 3.8) is 0 Å². The zero-order valence-corrected chi connectivity index (χ0v) is 19.5. The molecule has 2 aromatic rings. The third-order valence-corrected chi connectivity index (χ3v) is 7.08. The molecule has 0 atom stereocenters. The van der Waals surface area contributed by atoms with Crippen LogP contribution >= 0.6 is 0 Å². The number of rotatable bonds is 5. The van der Waals surface area contributed by atoms with Gasteiger partial charge in [-0.3, -0.25) is 9.59 Å². The Morgan fingerprint density at radius 1 is 1.00 bits per heavy atom. The van der Waals surface area contributed by atoms with E-state index in [0.29, 0.717) is 11.5 Å². The lowest BCUT2D eigenvalue weighted by Crippen LogP contribution is -2.48. The third-order valence-electron chi connectivity index (χ3n) is 7.08. The minimum Gasteiger partial charge on any atom is -0.497 e. The van der Waals surface area contributed by atoms with E-state index in [2.05, 4.69) is 9.88 Å². The first kappa shape index (κ1) is 22.4. The van der Waals surface area contributed by atoms with Crippen LogP contribution in [0.4, 0.5) is 0 Å². The molecular weight excluding hydrogens is 402 g/mol. The highest BCUT2D eigenvalue weighted by Crippen LogP contribution is 2.27. The molecule has 0 radical (unpaired) electrons. The Bertz CT molecular complexity index is 967. The first-order valence-electron chi connectivity index (χ1n) is 11.9. The molecule has 6 nitrogen and oxygen atoms in total. The lowest BCUT2D eigenvalue weighted by Gasteiger charge is -2.35. The average molecular weight is 438 g/mol. The van der Waals surface area contributed by atoms with Crippen LogP contribution in [-0.4, -0.2) is 47.5 Å². The molecule has 2 aliphatic rings. The molecule has 1 aliphatic carbocycles. The van der Waals surface area contributed by atoms with Crippen LogP contribution in [0, 0.1) is 19.8 Å². The topological polar surface area (TPSA) is 63.6 Å². The van der Waals surface area contributed by atoms with E-state index in [1.165, 1.54) is 19.3 Å². The van der Waals surface area contributed by atoms with E-state index in [9.17, 15) is 9.59 Å². The van der Waals surface area contributed by atoms with E-state index in [4.69, 9.17) is 4.74 Å². The van der Waals surface area contributed by atoms with Crippen molar-refractivity contribution in [1.82, 2.24) is 14.8 Å². The molecule has 1 saturated heterocycles.